The van der Waals surface area contributed by atoms with E-state index in [1.54, 1.807) is 0 Å². The fourth-order valence-corrected chi connectivity index (χ4v) is 3.18. The molecule has 1 aromatic rings. The minimum Gasteiger partial charge on any atom is -0.396 e. The fraction of sp³-hybridized carbons (Fsp3) is 0.684. The van der Waals surface area contributed by atoms with Crippen LogP contribution in [0.25, 0.3) is 0 Å². The molecule has 0 aliphatic rings. The van der Waals surface area contributed by atoms with E-state index in [0.29, 0.717) is 11.3 Å². The van der Waals surface area contributed by atoms with Crippen LogP contribution in [-0.4, -0.2) is 11.7 Å². The molecule has 2 atom stereocenters. The Morgan fingerprint density at radius 2 is 1.77 bits per heavy atom. The predicted octanol–water partition coefficient (Wildman–Crippen LogP) is 4.76. The van der Waals surface area contributed by atoms with Crippen molar-refractivity contribution in [2.24, 2.45) is 23.0 Å². The number of hydrogen-bond donors (Lipinski definition) is 2. The summed E-state index contributed by atoms with van der Waals surface area (Å²) in [6, 6.07) is 6.13. The zero-order chi connectivity index (χ0) is 17.1. The Morgan fingerprint density at radius 1 is 1.18 bits per heavy atom. The van der Waals surface area contributed by atoms with Gasteiger partial charge in [0.15, 0.2) is 0 Å². The van der Waals surface area contributed by atoms with Crippen molar-refractivity contribution in [1.29, 1.82) is 0 Å². The molecule has 126 valence electrons. The minimum atomic E-state index is -0.588. The third-order valence-electron chi connectivity index (χ3n) is 4.59. The lowest BCUT2D eigenvalue weighted by molar-refractivity contribution is 0.120. The third-order valence-corrected chi connectivity index (χ3v) is 4.94. The molecule has 0 aliphatic carbocycles. The Bertz CT molecular complexity index is 489. The minimum absolute atomic E-state index is 0.00370. The number of nitrogens with two attached hydrogens (primary N) is 1. The molecular formula is C19H32ClNO. The molecule has 0 amide bonds. The van der Waals surface area contributed by atoms with Crippen LogP contribution in [0.1, 0.15) is 59.1 Å². The van der Waals surface area contributed by atoms with Crippen LogP contribution in [0.15, 0.2) is 18.2 Å². The number of halogens is 1. The maximum Gasteiger partial charge on any atom is 0.0482 e. The van der Waals surface area contributed by atoms with Gasteiger partial charge in [0.25, 0.3) is 0 Å². The molecular weight excluding hydrogens is 294 g/mol. The molecule has 0 saturated heterocycles. The van der Waals surface area contributed by atoms with E-state index in [0.717, 1.165) is 23.4 Å². The SMILES string of the molecule is CC(C)[C@@H](CO)[C@@](C)(N)c1ccc(CCC(C)(C)C)c(Cl)c1. The summed E-state index contributed by atoms with van der Waals surface area (Å²) in [7, 11) is 0. The summed E-state index contributed by atoms with van der Waals surface area (Å²) < 4.78 is 0. The van der Waals surface area contributed by atoms with Gasteiger partial charge < -0.3 is 10.8 Å². The van der Waals surface area contributed by atoms with Gasteiger partial charge in [0.2, 0.25) is 0 Å². The van der Waals surface area contributed by atoms with Crippen molar-refractivity contribution in [3.05, 3.63) is 34.3 Å². The fourth-order valence-electron chi connectivity index (χ4n) is 2.90. The van der Waals surface area contributed by atoms with E-state index in [1.807, 2.05) is 13.0 Å². The Kier molecular flexibility index (Phi) is 6.49. The summed E-state index contributed by atoms with van der Waals surface area (Å²) in [5.74, 6) is 0.309. The van der Waals surface area contributed by atoms with Crippen LogP contribution in [0.5, 0.6) is 0 Å². The highest BCUT2D eigenvalue weighted by Crippen LogP contribution is 2.34. The van der Waals surface area contributed by atoms with Crippen LogP contribution >= 0.6 is 11.6 Å². The highest BCUT2D eigenvalue weighted by atomic mass is 35.5. The number of aliphatic hydroxyl groups is 1. The first-order chi connectivity index (χ1) is 9.99. The van der Waals surface area contributed by atoms with Crippen LogP contribution in [0.4, 0.5) is 0 Å². The van der Waals surface area contributed by atoms with Gasteiger partial charge in [-0.2, -0.15) is 0 Å². The first-order valence-electron chi connectivity index (χ1n) is 8.17. The highest BCUT2D eigenvalue weighted by Gasteiger charge is 2.34. The van der Waals surface area contributed by atoms with Gasteiger partial charge in [-0.15, -0.1) is 0 Å². The number of aryl methyl sites for hydroxylation is 1. The molecule has 0 aliphatic heterocycles. The van der Waals surface area contributed by atoms with Gasteiger partial charge in [-0.05, 0) is 48.3 Å². The molecule has 0 aromatic heterocycles. The molecule has 3 heteroatoms. The lowest BCUT2D eigenvalue weighted by Crippen LogP contribution is -2.45. The van der Waals surface area contributed by atoms with Crippen LogP contribution in [0.3, 0.4) is 0 Å². The van der Waals surface area contributed by atoms with E-state index >= 15 is 0 Å². The van der Waals surface area contributed by atoms with E-state index in [1.165, 1.54) is 5.56 Å². The zero-order valence-corrected chi connectivity index (χ0v) is 15.7. The van der Waals surface area contributed by atoms with Crippen molar-refractivity contribution < 1.29 is 5.11 Å². The third kappa shape index (κ3) is 4.97. The summed E-state index contributed by atoms with van der Waals surface area (Å²) >= 11 is 6.47. The number of aliphatic hydroxyl groups excluding tert-OH is 1. The van der Waals surface area contributed by atoms with Crippen LogP contribution in [-0.2, 0) is 12.0 Å². The van der Waals surface area contributed by atoms with E-state index in [9.17, 15) is 5.11 Å². The van der Waals surface area contributed by atoms with Crippen molar-refractivity contribution in [3.8, 4) is 0 Å². The van der Waals surface area contributed by atoms with Crippen molar-refractivity contribution in [1.82, 2.24) is 0 Å². The van der Waals surface area contributed by atoms with Crippen molar-refractivity contribution >= 4 is 11.6 Å². The summed E-state index contributed by atoms with van der Waals surface area (Å²) in [5, 5.41) is 10.5. The molecule has 0 radical (unpaired) electrons. The van der Waals surface area contributed by atoms with Crippen molar-refractivity contribution in [2.45, 2.75) is 59.9 Å². The summed E-state index contributed by atoms with van der Waals surface area (Å²) in [4.78, 5) is 0. The number of rotatable bonds is 6. The largest absolute Gasteiger partial charge is 0.396 e. The topological polar surface area (TPSA) is 46.2 Å². The molecule has 2 nitrogen and oxygen atoms in total. The average Bonchev–Trinajstić information content (AvgIpc) is 2.36. The lowest BCUT2D eigenvalue weighted by Gasteiger charge is -2.36. The summed E-state index contributed by atoms with van der Waals surface area (Å²) in [6.45, 7) is 12.9. The maximum atomic E-state index is 9.68. The monoisotopic (exact) mass is 325 g/mol. The molecule has 1 rings (SSSR count). The molecule has 22 heavy (non-hydrogen) atoms. The van der Waals surface area contributed by atoms with Gasteiger partial charge in [-0.3, -0.25) is 0 Å². The van der Waals surface area contributed by atoms with Crippen LogP contribution in [0, 0.1) is 17.3 Å². The molecule has 1 aromatic carbocycles. The zero-order valence-electron chi connectivity index (χ0n) is 14.9. The summed E-state index contributed by atoms with van der Waals surface area (Å²) in [5.41, 5.74) is 8.40. The lowest BCUT2D eigenvalue weighted by atomic mass is 9.75. The standard InChI is InChI=1S/C19H32ClNO/c1-13(2)16(12-22)19(6,21)15-8-7-14(17(20)11-15)9-10-18(3,4)5/h7-8,11,13,16,22H,9-10,12,21H2,1-6H3/t16-,19+/m1/s1. The second-order valence-electron chi connectivity index (χ2n) is 8.18. The van der Waals surface area contributed by atoms with E-state index in [-0.39, 0.29) is 12.5 Å². The Hall–Kier alpha value is -0.570. The second kappa shape index (κ2) is 7.33. The quantitative estimate of drug-likeness (QED) is 0.792. The average molecular weight is 326 g/mol. The smallest absolute Gasteiger partial charge is 0.0482 e. The highest BCUT2D eigenvalue weighted by molar-refractivity contribution is 6.31. The van der Waals surface area contributed by atoms with E-state index in [2.05, 4.69) is 46.8 Å². The van der Waals surface area contributed by atoms with Crippen LogP contribution in [0.2, 0.25) is 5.02 Å². The summed E-state index contributed by atoms with van der Waals surface area (Å²) in [6.07, 6.45) is 2.06. The van der Waals surface area contributed by atoms with Gasteiger partial charge in [0, 0.05) is 23.1 Å². The first-order valence-corrected chi connectivity index (χ1v) is 8.55. The second-order valence-corrected chi connectivity index (χ2v) is 8.59. The molecule has 0 spiro atoms. The van der Waals surface area contributed by atoms with Gasteiger partial charge in [-0.1, -0.05) is 58.4 Å². The molecule has 0 bridgehead atoms. The van der Waals surface area contributed by atoms with Gasteiger partial charge in [0.1, 0.15) is 0 Å². The Balaban J connectivity index is 3.01. The Labute approximate surface area is 141 Å². The van der Waals surface area contributed by atoms with Crippen molar-refractivity contribution in [2.75, 3.05) is 6.61 Å². The molecule has 0 heterocycles. The molecule has 3 N–H and O–H groups in total. The normalized spacial score (nSPS) is 16.6. The molecule has 0 fully saturated rings. The van der Waals surface area contributed by atoms with E-state index < -0.39 is 5.54 Å². The maximum absolute atomic E-state index is 9.68. The van der Waals surface area contributed by atoms with Gasteiger partial charge in [0.05, 0.1) is 0 Å². The number of hydrogen-bond acceptors (Lipinski definition) is 2. The molecule has 0 unspecified atom stereocenters. The van der Waals surface area contributed by atoms with Gasteiger partial charge >= 0.3 is 0 Å². The first kappa shape index (κ1) is 19.5. The number of benzene rings is 1. The van der Waals surface area contributed by atoms with Crippen LogP contribution < -0.4 is 5.73 Å². The van der Waals surface area contributed by atoms with Crippen molar-refractivity contribution in [3.63, 3.8) is 0 Å². The predicted molar refractivity (Wildman–Crippen MR) is 96.2 cm³/mol. The van der Waals surface area contributed by atoms with Gasteiger partial charge in [-0.25, -0.2) is 0 Å². The molecule has 0 saturated carbocycles. The Morgan fingerprint density at radius 3 is 2.18 bits per heavy atom. The van der Waals surface area contributed by atoms with E-state index in [4.69, 9.17) is 17.3 Å².